The molecule has 0 aromatic heterocycles. The predicted molar refractivity (Wildman–Crippen MR) is 82.9 cm³/mol. The van der Waals surface area contributed by atoms with E-state index in [-0.39, 0.29) is 11.3 Å². The third-order valence-electron chi connectivity index (χ3n) is 2.30. The number of allylic oxidation sites excluding steroid dienone is 5. The van der Waals surface area contributed by atoms with Gasteiger partial charge >= 0.3 is 5.97 Å². The highest BCUT2D eigenvalue weighted by Gasteiger charge is 2.11. The standard InChI is InChI=1S/C15H13BrFNO3/c1-2-4-11(17)5-3-6-14(19)18-13-8-7-10(16)9-12(13)15(20)21/h2-9H,1H3,(H,18,19)(H,20,21)/b4-2-,6-3+,11-5+. The van der Waals surface area contributed by atoms with Crippen LogP contribution in [-0.2, 0) is 4.79 Å². The van der Waals surface area contributed by atoms with E-state index in [9.17, 15) is 14.0 Å². The van der Waals surface area contributed by atoms with E-state index in [0.717, 1.165) is 12.2 Å². The molecule has 1 rings (SSSR count). The van der Waals surface area contributed by atoms with E-state index in [4.69, 9.17) is 5.11 Å². The third-order valence-corrected chi connectivity index (χ3v) is 2.79. The summed E-state index contributed by atoms with van der Waals surface area (Å²) in [5, 5.41) is 11.5. The molecule has 0 heterocycles. The van der Waals surface area contributed by atoms with Gasteiger partial charge in [-0.3, -0.25) is 4.79 Å². The molecule has 0 aliphatic carbocycles. The maximum atomic E-state index is 13.0. The second-order valence-corrected chi connectivity index (χ2v) is 4.81. The van der Waals surface area contributed by atoms with Crippen molar-refractivity contribution in [1.82, 2.24) is 0 Å². The molecule has 6 heteroatoms. The number of rotatable bonds is 5. The number of hydrogen-bond donors (Lipinski definition) is 2. The molecular weight excluding hydrogens is 341 g/mol. The maximum Gasteiger partial charge on any atom is 0.337 e. The van der Waals surface area contributed by atoms with E-state index >= 15 is 0 Å². The molecule has 0 fully saturated rings. The van der Waals surface area contributed by atoms with E-state index in [1.807, 2.05) is 0 Å². The van der Waals surface area contributed by atoms with Crippen LogP contribution in [0.5, 0.6) is 0 Å². The van der Waals surface area contributed by atoms with Gasteiger partial charge in [-0.1, -0.05) is 28.1 Å². The molecule has 0 atom stereocenters. The second-order valence-electron chi connectivity index (χ2n) is 3.89. The number of hydrogen-bond acceptors (Lipinski definition) is 2. The summed E-state index contributed by atoms with van der Waals surface area (Å²) >= 11 is 3.16. The summed E-state index contributed by atoms with van der Waals surface area (Å²) in [5.74, 6) is -2.20. The Kier molecular flexibility index (Phi) is 6.55. The van der Waals surface area contributed by atoms with E-state index in [1.165, 1.54) is 30.4 Å². The van der Waals surface area contributed by atoms with Crippen LogP contribution in [0.15, 0.2) is 58.9 Å². The molecule has 21 heavy (non-hydrogen) atoms. The van der Waals surface area contributed by atoms with Gasteiger partial charge in [-0.05, 0) is 37.3 Å². The fraction of sp³-hybridized carbons (Fsp3) is 0.0667. The third kappa shape index (κ3) is 5.74. The smallest absolute Gasteiger partial charge is 0.337 e. The summed E-state index contributed by atoms with van der Waals surface area (Å²) in [6.07, 6.45) is 6.25. The zero-order valence-electron chi connectivity index (χ0n) is 11.1. The van der Waals surface area contributed by atoms with Crippen molar-refractivity contribution in [1.29, 1.82) is 0 Å². The van der Waals surface area contributed by atoms with Gasteiger partial charge in [0, 0.05) is 10.5 Å². The molecule has 0 aliphatic rings. The number of aromatic carboxylic acids is 1. The van der Waals surface area contributed by atoms with Gasteiger partial charge < -0.3 is 10.4 Å². The lowest BCUT2D eigenvalue weighted by molar-refractivity contribution is -0.111. The highest BCUT2D eigenvalue weighted by molar-refractivity contribution is 9.10. The normalized spacial score (nSPS) is 12.0. The Bertz CT molecular complexity index is 636. The first kappa shape index (κ1) is 16.8. The second kappa shape index (κ2) is 8.16. The van der Waals surface area contributed by atoms with Crippen LogP contribution in [0.25, 0.3) is 0 Å². The van der Waals surface area contributed by atoms with Crippen molar-refractivity contribution in [3.8, 4) is 0 Å². The molecule has 0 spiro atoms. The average molecular weight is 354 g/mol. The number of anilines is 1. The summed E-state index contributed by atoms with van der Waals surface area (Å²) < 4.78 is 13.6. The molecule has 0 saturated carbocycles. The minimum Gasteiger partial charge on any atom is -0.478 e. The zero-order chi connectivity index (χ0) is 15.8. The Balaban J connectivity index is 2.82. The number of carbonyl (C=O) groups is 2. The van der Waals surface area contributed by atoms with Crippen LogP contribution < -0.4 is 5.32 Å². The van der Waals surface area contributed by atoms with E-state index in [1.54, 1.807) is 13.0 Å². The SMILES string of the molecule is C\C=C/C(F)=C\C=C\C(=O)Nc1ccc(Br)cc1C(=O)O. The van der Waals surface area contributed by atoms with Gasteiger partial charge in [0.1, 0.15) is 5.83 Å². The number of benzene rings is 1. The minimum atomic E-state index is -1.16. The van der Waals surface area contributed by atoms with Gasteiger partial charge in [0.15, 0.2) is 0 Å². The van der Waals surface area contributed by atoms with Gasteiger partial charge in [0.25, 0.3) is 0 Å². The van der Waals surface area contributed by atoms with Crippen molar-refractivity contribution >= 4 is 33.5 Å². The van der Waals surface area contributed by atoms with Gasteiger partial charge in [0.05, 0.1) is 11.3 Å². The molecule has 4 nitrogen and oxygen atoms in total. The molecule has 0 aliphatic heterocycles. The highest BCUT2D eigenvalue weighted by atomic mass is 79.9. The Labute approximate surface area is 129 Å². The van der Waals surface area contributed by atoms with Crippen LogP contribution in [-0.4, -0.2) is 17.0 Å². The summed E-state index contributed by atoms with van der Waals surface area (Å²) in [7, 11) is 0. The lowest BCUT2D eigenvalue weighted by Crippen LogP contribution is -2.12. The molecular formula is C15H13BrFNO3. The summed E-state index contributed by atoms with van der Waals surface area (Å²) in [6.45, 7) is 1.67. The zero-order valence-corrected chi connectivity index (χ0v) is 12.7. The molecule has 110 valence electrons. The predicted octanol–water partition coefficient (Wildman–Crippen LogP) is 4.07. The largest absolute Gasteiger partial charge is 0.478 e. The number of halogens is 2. The first-order valence-corrected chi connectivity index (χ1v) is 6.73. The first-order valence-electron chi connectivity index (χ1n) is 5.94. The van der Waals surface area contributed by atoms with Crippen molar-refractivity contribution < 1.29 is 19.1 Å². The van der Waals surface area contributed by atoms with E-state index < -0.39 is 17.7 Å². The molecule has 2 N–H and O–H groups in total. The molecule has 1 amide bonds. The summed E-state index contributed by atoms with van der Waals surface area (Å²) in [4.78, 5) is 22.7. The van der Waals surface area contributed by atoms with Gasteiger partial charge in [0.2, 0.25) is 5.91 Å². The van der Waals surface area contributed by atoms with Crippen LogP contribution in [0.2, 0.25) is 0 Å². The fourth-order valence-corrected chi connectivity index (χ4v) is 1.78. The molecule has 1 aromatic rings. The molecule has 0 unspecified atom stereocenters. The Morgan fingerprint density at radius 2 is 2.05 bits per heavy atom. The fourth-order valence-electron chi connectivity index (χ4n) is 1.42. The van der Waals surface area contributed by atoms with Gasteiger partial charge in [-0.2, -0.15) is 0 Å². The lowest BCUT2D eigenvalue weighted by atomic mass is 10.2. The number of carboxylic acid groups (broad SMARTS) is 1. The summed E-state index contributed by atoms with van der Waals surface area (Å²) in [5.41, 5.74) is 0.125. The quantitative estimate of drug-likeness (QED) is 0.619. The lowest BCUT2D eigenvalue weighted by Gasteiger charge is -2.06. The van der Waals surface area contributed by atoms with Crippen LogP contribution in [0.3, 0.4) is 0 Å². The maximum absolute atomic E-state index is 13.0. The van der Waals surface area contributed by atoms with Crippen LogP contribution >= 0.6 is 15.9 Å². The Morgan fingerprint density at radius 3 is 2.67 bits per heavy atom. The van der Waals surface area contributed by atoms with Crippen molar-refractivity contribution in [2.45, 2.75) is 6.92 Å². The monoisotopic (exact) mass is 353 g/mol. The summed E-state index contributed by atoms with van der Waals surface area (Å²) in [6, 6.07) is 4.46. The van der Waals surface area contributed by atoms with Crippen molar-refractivity contribution in [3.05, 3.63) is 64.4 Å². The topological polar surface area (TPSA) is 66.4 Å². The number of carboxylic acids is 1. The number of nitrogens with one attached hydrogen (secondary N) is 1. The molecule has 0 bridgehead atoms. The van der Waals surface area contributed by atoms with Crippen molar-refractivity contribution in [2.24, 2.45) is 0 Å². The highest BCUT2D eigenvalue weighted by Crippen LogP contribution is 2.21. The van der Waals surface area contributed by atoms with Crippen LogP contribution in [0.4, 0.5) is 10.1 Å². The Hall–Kier alpha value is -2.21. The number of carbonyl (C=O) groups excluding carboxylic acids is 1. The van der Waals surface area contributed by atoms with Crippen LogP contribution in [0.1, 0.15) is 17.3 Å². The van der Waals surface area contributed by atoms with E-state index in [2.05, 4.69) is 21.2 Å². The minimum absolute atomic E-state index is 0.0400. The van der Waals surface area contributed by atoms with Crippen molar-refractivity contribution in [3.63, 3.8) is 0 Å². The Morgan fingerprint density at radius 1 is 1.33 bits per heavy atom. The first-order chi connectivity index (χ1) is 9.93. The van der Waals surface area contributed by atoms with Gasteiger partial charge in [-0.25, -0.2) is 9.18 Å². The van der Waals surface area contributed by atoms with Crippen molar-refractivity contribution in [2.75, 3.05) is 5.32 Å². The molecule has 1 aromatic carbocycles. The number of amides is 1. The molecule has 0 radical (unpaired) electrons. The van der Waals surface area contributed by atoms with Crippen LogP contribution in [0, 0.1) is 0 Å². The van der Waals surface area contributed by atoms with Gasteiger partial charge in [-0.15, -0.1) is 0 Å². The molecule has 0 saturated heterocycles. The van der Waals surface area contributed by atoms with E-state index in [0.29, 0.717) is 4.47 Å². The average Bonchev–Trinajstić information content (AvgIpc) is 2.41.